The Kier molecular flexibility index (Phi) is 2.84. The molecule has 0 fully saturated rings. The van der Waals surface area contributed by atoms with Gasteiger partial charge in [0.1, 0.15) is 0 Å². The van der Waals surface area contributed by atoms with E-state index in [0.29, 0.717) is 10.0 Å². The summed E-state index contributed by atoms with van der Waals surface area (Å²) in [5.41, 5.74) is 0.785. The van der Waals surface area contributed by atoms with Gasteiger partial charge in [0.05, 0.1) is 5.88 Å². The molecule has 1 aromatic carbocycles. The number of hydrogen-bond donors (Lipinski definition) is 0. The standard InChI is InChI=1S/C7H4Cl3/c8-4-5-1-2-6(9)3-7(5)10/h1-4H. The molecule has 3 heteroatoms. The van der Waals surface area contributed by atoms with Crippen LogP contribution in [-0.4, -0.2) is 0 Å². The van der Waals surface area contributed by atoms with E-state index in [9.17, 15) is 0 Å². The van der Waals surface area contributed by atoms with E-state index in [1.807, 2.05) is 0 Å². The highest BCUT2D eigenvalue weighted by Gasteiger charge is 1.98. The molecule has 0 saturated heterocycles. The van der Waals surface area contributed by atoms with Gasteiger partial charge in [-0.25, -0.2) is 0 Å². The van der Waals surface area contributed by atoms with E-state index in [4.69, 9.17) is 34.8 Å². The normalized spacial score (nSPS) is 9.90. The topological polar surface area (TPSA) is 0 Å². The van der Waals surface area contributed by atoms with Gasteiger partial charge in [0, 0.05) is 10.0 Å². The van der Waals surface area contributed by atoms with Crippen LogP contribution in [0.5, 0.6) is 0 Å². The predicted octanol–water partition coefficient (Wildman–Crippen LogP) is 3.74. The molecule has 0 unspecified atom stereocenters. The van der Waals surface area contributed by atoms with E-state index in [2.05, 4.69) is 0 Å². The highest BCUT2D eigenvalue weighted by molar-refractivity contribution is 6.36. The fourth-order valence-corrected chi connectivity index (χ4v) is 1.30. The van der Waals surface area contributed by atoms with Crippen LogP contribution in [0.4, 0.5) is 0 Å². The molecule has 0 aliphatic rings. The van der Waals surface area contributed by atoms with Gasteiger partial charge in [-0.3, -0.25) is 0 Å². The van der Waals surface area contributed by atoms with Crippen molar-refractivity contribution in [3.63, 3.8) is 0 Å². The maximum absolute atomic E-state index is 5.73. The van der Waals surface area contributed by atoms with Gasteiger partial charge < -0.3 is 0 Å². The van der Waals surface area contributed by atoms with E-state index in [1.54, 1.807) is 18.2 Å². The zero-order valence-electron chi connectivity index (χ0n) is 4.94. The second-order valence-corrected chi connectivity index (χ2v) is 2.84. The smallest absolute Gasteiger partial charge is 0.0805 e. The fourth-order valence-electron chi connectivity index (χ4n) is 0.590. The largest absolute Gasteiger partial charge is 0.116 e. The van der Waals surface area contributed by atoms with Gasteiger partial charge in [-0.1, -0.05) is 29.3 Å². The lowest BCUT2D eigenvalue weighted by atomic mass is 10.2. The number of benzene rings is 1. The van der Waals surface area contributed by atoms with E-state index >= 15 is 0 Å². The molecule has 0 spiro atoms. The summed E-state index contributed by atoms with van der Waals surface area (Å²) in [6.07, 6.45) is 0. The zero-order valence-corrected chi connectivity index (χ0v) is 7.21. The van der Waals surface area contributed by atoms with Crippen molar-refractivity contribution in [1.82, 2.24) is 0 Å². The van der Waals surface area contributed by atoms with Crippen molar-refractivity contribution < 1.29 is 0 Å². The van der Waals surface area contributed by atoms with Crippen LogP contribution in [-0.2, 0) is 0 Å². The first kappa shape index (κ1) is 8.19. The maximum atomic E-state index is 5.73. The molecule has 0 bridgehead atoms. The van der Waals surface area contributed by atoms with Crippen molar-refractivity contribution in [3.05, 3.63) is 39.7 Å². The second-order valence-electron chi connectivity index (χ2n) is 1.77. The summed E-state index contributed by atoms with van der Waals surface area (Å²) < 4.78 is 0. The molecular formula is C7H4Cl3. The third-order valence-corrected chi connectivity index (χ3v) is 1.88. The molecular weight excluding hydrogens is 190 g/mol. The molecule has 0 aliphatic heterocycles. The quantitative estimate of drug-likeness (QED) is 0.639. The third-order valence-electron chi connectivity index (χ3n) is 1.08. The van der Waals surface area contributed by atoms with E-state index in [0.717, 1.165) is 5.56 Å². The Morgan fingerprint density at radius 3 is 2.40 bits per heavy atom. The van der Waals surface area contributed by atoms with Crippen LogP contribution in [0, 0.1) is 5.88 Å². The van der Waals surface area contributed by atoms with Gasteiger partial charge in [0.15, 0.2) is 0 Å². The van der Waals surface area contributed by atoms with Crippen LogP contribution in [0.25, 0.3) is 0 Å². The predicted molar refractivity (Wildman–Crippen MR) is 45.7 cm³/mol. The summed E-state index contributed by atoms with van der Waals surface area (Å²) in [6, 6.07) is 5.15. The average Bonchev–Trinajstić information content (AvgIpc) is 1.88. The van der Waals surface area contributed by atoms with Crippen molar-refractivity contribution in [2.75, 3.05) is 0 Å². The molecule has 0 aliphatic carbocycles. The molecule has 1 rings (SSSR count). The van der Waals surface area contributed by atoms with E-state index in [-0.39, 0.29) is 0 Å². The lowest BCUT2D eigenvalue weighted by Gasteiger charge is -1.97. The summed E-state index contributed by atoms with van der Waals surface area (Å²) in [4.78, 5) is 0. The maximum Gasteiger partial charge on any atom is 0.0805 e. The Hall–Kier alpha value is 0.0900. The van der Waals surface area contributed by atoms with Crippen molar-refractivity contribution in [3.8, 4) is 0 Å². The minimum Gasteiger partial charge on any atom is -0.116 e. The third kappa shape index (κ3) is 1.79. The second kappa shape index (κ2) is 3.47. The van der Waals surface area contributed by atoms with Crippen LogP contribution >= 0.6 is 34.8 Å². The molecule has 0 atom stereocenters. The Labute approximate surface area is 74.7 Å². The van der Waals surface area contributed by atoms with Crippen LogP contribution in [0.15, 0.2) is 18.2 Å². The van der Waals surface area contributed by atoms with E-state index < -0.39 is 0 Å². The van der Waals surface area contributed by atoms with E-state index in [1.165, 1.54) is 5.88 Å². The molecule has 0 aromatic heterocycles. The Balaban J connectivity index is 3.07. The van der Waals surface area contributed by atoms with Gasteiger partial charge in [-0.15, -0.1) is 11.6 Å². The molecule has 0 amide bonds. The van der Waals surface area contributed by atoms with Crippen LogP contribution in [0.3, 0.4) is 0 Å². The molecule has 0 saturated carbocycles. The minimum atomic E-state index is 0.572. The van der Waals surface area contributed by atoms with Gasteiger partial charge in [-0.2, -0.15) is 0 Å². The SMILES string of the molecule is Cl[CH]c1ccc(Cl)cc1Cl. The summed E-state index contributed by atoms with van der Waals surface area (Å²) >= 11 is 16.8. The van der Waals surface area contributed by atoms with Gasteiger partial charge in [0.25, 0.3) is 0 Å². The summed E-state index contributed by atoms with van der Waals surface area (Å²) in [5, 5.41) is 1.19. The number of hydrogen-bond acceptors (Lipinski definition) is 0. The van der Waals surface area contributed by atoms with Crippen LogP contribution < -0.4 is 0 Å². The van der Waals surface area contributed by atoms with Crippen molar-refractivity contribution in [1.29, 1.82) is 0 Å². The van der Waals surface area contributed by atoms with Gasteiger partial charge in [0.2, 0.25) is 0 Å². The lowest BCUT2D eigenvalue weighted by molar-refractivity contribution is 1.59. The van der Waals surface area contributed by atoms with Crippen molar-refractivity contribution in [2.45, 2.75) is 0 Å². The number of rotatable bonds is 1. The zero-order chi connectivity index (χ0) is 7.56. The molecule has 0 nitrogen and oxygen atoms in total. The average molecular weight is 194 g/mol. The molecule has 0 N–H and O–H groups in total. The summed E-state index contributed by atoms with van der Waals surface area (Å²) in [6.45, 7) is 0. The molecule has 53 valence electrons. The lowest BCUT2D eigenvalue weighted by Crippen LogP contribution is -1.76. The first-order valence-electron chi connectivity index (χ1n) is 2.62. The molecule has 1 radical (unpaired) electrons. The van der Waals surface area contributed by atoms with Crippen molar-refractivity contribution >= 4 is 34.8 Å². The van der Waals surface area contributed by atoms with Gasteiger partial charge >= 0.3 is 0 Å². The highest BCUT2D eigenvalue weighted by atomic mass is 35.5. The highest BCUT2D eigenvalue weighted by Crippen LogP contribution is 2.22. The fraction of sp³-hybridized carbons (Fsp3) is 0. The Morgan fingerprint density at radius 2 is 1.90 bits per heavy atom. The number of halogens is 3. The van der Waals surface area contributed by atoms with Gasteiger partial charge in [-0.05, 0) is 17.7 Å². The van der Waals surface area contributed by atoms with Crippen molar-refractivity contribution in [2.24, 2.45) is 0 Å². The first-order valence-corrected chi connectivity index (χ1v) is 3.82. The monoisotopic (exact) mass is 193 g/mol. The minimum absolute atomic E-state index is 0.572. The molecule has 1 aromatic rings. The molecule has 0 heterocycles. The summed E-state index contributed by atoms with van der Waals surface area (Å²) in [7, 11) is 0. The summed E-state index contributed by atoms with van der Waals surface area (Å²) in [5.74, 6) is 1.42. The first-order chi connectivity index (χ1) is 4.74. The van der Waals surface area contributed by atoms with Crippen LogP contribution in [0.2, 0.25) is 10.0 Å². The molecule has 10 heavy (non-hydrogen) atoms. The Morgan fingerprint density at radius 1 is 1.20 bits per heavy atom. The van der Waals surface area contributed by atoms with Crippen LogP contribution in [0.1, 0.15) is 5.56 Å². The Bertz CT molecular complexity index is 232.